The molecule has 1 amide bonds. The van der Waals surface area contributed by atoms with Crippen molar-refractivity contribution in [3.05, 3.63) is 80.6 Å². The quantitative estimate of drug-likeness (QED) is 0.404. The van der Waals surface area contributed by atoms with E-state index in [1.165, 1.54) is 21.1 Å². The zero-order valence-electron chi connectivity index (χ0n) is 18.6. The molecule has 7 nitrogen and oxygen atoms in total. The van der Waals surface area contributed by atoms with Crippen molar-refractivity contribution in [2.75, 3.05) is 25.6 Å². The molecule has 1 saturated heterocycles. The maximum absolute atomic E-state index is 13.5. The first-order chi connectivity index (χ1) is 15.9. The highest BCUT2D eigenvalue weighted by Gasteiger charge is 2.32. The van der Waals surface area contributed by atoms with Gasteiger partial charge in [0.25, 0.3) is 11.5 Å². The van der Waals surface area contributed by atoms with Crippen LogP contribution in [0.5, 0.6) is 0 Å². The number of thiocarbonyl (C=S) groups is 1. The number of pyridine rings is 1. The van der Waals surface area contributed by atoms with Crippen LogP contribution in [0.1, 0.15) is 29.7 Å². The third kappa shape index (κ3) is 4.71. The zero-order valence-corrected chi connectivity index (χ0v) is 20.2. The SMILES string of the molecule is COCCN1C(=O)/C(=C\c2c(N[C@H](C)c3ccccc3)nc3c(C)cccn3c2=O)SC1=S. The molecule has 1 atom stereocenters. The molecule has 4 rings (SSSR count). The number of fused-ring (bicyclic) bond motifs is 1. The van der Waals surface area contributed by atoms with Gasteiger partial charge in [0.15, 0.2) is 0 Å². The monoisotopic (exact) mass is 480 g/mol. The molecule has 2 aromatic heterocycles. The van der Waals surface area contributed by atoms with Crippen LogP contribution in [0.15, 0.2) is 58.4 Å². The normalized spacial score (nSPS) is 16.1. The number of hydrogen-bond acceptors (Lipinski definition) is 7. The number of nitrogens with zero attached hydrogens (tertiary/aromatic N) is 3. The molecule has 1 aliphatic rings. The van der Waals surface area contributed by atoms with Crippen molar-refractivity contribution in [3.8, 4) is 0 Å². The minimum Gasteiger partial charge on any atom is -0.383 e. The molecule has 1 fully saturated rings. The number of ether oxygens (including phenoxy) is 1. The Balaban J connectivity index is 1.81. The fourth-order valence-electron chi connectivity index (χ4n) is 3.59. The highest BCUT2D eigenvalue weighted by Crippen LogP contribution is 2.33. The van der Waals surface area contributed by atoms with Crippen molar-refractivity contribution in [1.82, 2.24) is 14.3 Å². The maximum atomic E-state index is 13.5. The number of anilines is 1. The number of thioether (sulfide) groups is 1. The Labute approximate surface area is 201 Å². The lowest BCUT2D eigenvalue weighted by Gasteiger charge is -2.18. The average molecular weight is 481 g/mol. The highest BCUT2D eigenvalue weighted by molar-refractivity contribution is 8.26. The number of carbonyl (C=O) groups is 1. The van der Waals surface area contributed by atoms with Crippen LogP contribution in [0.3, 0.4) is 0 Å². The van der Waals surface area contributed by atoms with E-state index < -0.39 is 0 Å². The molecule has 1 aromatic carbocycles. The molecule has 170 valence electrons. The second kappa shape index (κ2) is 9.86. The van der Waals surface area contributed by atoms with E-state index in [1.54, 1.807) is 25.4 Å². The van der Waals surface area contributed by atoms with Crippen molar-refractivity contribution in [3.63, 3.8) is 0 Å². The first-order valence-electron chi connectivity index (χ1n) is 10.5. The molecule has 33 heavy (non-hydrogen) atoms. The summed E-state index contributed by atoms with van der Waals surface area (Å²) in [4.78, 5) is 33.1. The topological polar surface area (TPSA) is 75.9 Å². The van der Waals surface area contributed by atoms with Crippen molar-refractivity contribution < 1.29 is 9.53 Å². The van der Waals surface area contributed by atoms with Gasteiger partial charge in [0.1, 0.15) is 15.8 Å². The van der Waals surface area contributed by atoms with Gasteiger partial charge in [0.2, 0.25) is 0 Å². The van der Waals surface area contributed by atoms with Gasteiger partial charge in [0, 0.05) is 19.3 Å². The lowest BCUT2D eigenvalue weighted by molar-refractivity contribution is -0.122. The summed E-state index contributed by atoms with van der Waals surface area (Å²) in [6, 6.07) is 13.5. The summed E-state index contributed by atoms with van der Waals surface area (Å²) in [7, 11) is 1.57. The molecule has 0 spiro atoms. The second-order valence-corrected chi connectivity index (χ2v) is 9.34. The largest absolute Gasteiger partial charge is 0.383 e. The van der Waals surface area contributed by atoms with E-state index in [0.717, 1.165) is 11.1 Å². The van der Waals surface area contributed by atoms with Crippen LogP contribution < -0.4 is 10.9 Å². The molecule has 3 aromatic rings. The van der Waals surface area contributed by atoms with Gasteiger partial charge in [-0.05, 0) is 37.1 Å². The highest BCUT2D eigenvalue weighted by atomic mass is 32.2. The molecule has 0 radical (unpaired) electrons. The van der Waals surface area contributed by atoms with E-state index >= 15 is 0 Å². The summed E-state index contributed by atoms with van der Waals surface area (Å²) in [5.41, 5.74) is 2.56. The van der Waals surface area contributed by atoms with E-state index in [-0.39, 0.29) is 17.5 Å². The van der Waals surface area contributed by atoms with Crippen molar-refractivity contribution >= 4 is 51.7 Å². The smallest absolute Gasteiger partial charge is 0.267 e. The molecule has 1 N–H and O–H groups in total. The minimum absolute atomic E-state index is 0.104. The molecular formula is C24H24N4O3S2. The van der Waals surface area contributed by atoms with E-state index in [4.69, 9.17) is 21.9 Å². The Morgan fingerprint density at radius 2 is 1.97 bits per heavy atom. The number of hydrogen-bond donors (Lipinski definition) is 1. The van der Waals surface area contributed by atoms with Crippen LogP contribution in [0, 0.1) is 6.92 Å². The second-order valence-electron chi connectivity index (χ2n) is 7.67. The third-order valence-electron chi connectivity index (χ3n) is 5.41. The Morgan fingerprint density at radius 3 is 2.70 bits per heavy atom. The standard InChI is InChI=1S/C24H24N4O3S2/c1-15-8-7-11-27-21(15)26-20(25-16(2)17-9-5-4-6-10-17)18(22(27)29)14-19-23(30)28(12-13-31-3)24(32)33-19/h4-11,14,16,25H,12-13H2,1-3H3/b19-14+/t16-/m1/s1. The molecule has 9 heteroatoms. The van der Waals surface area contributed by atoms with Crippen molar-refractivity contribution in [2.24, 2.45) is 0 Å². The molecule has 3 heterocycles. The minimum atomic E-state index is -0.256. The summed E-state index contributed by atoms with van der Waals surface area (Å²) >= 11 is 6.55. The maximum Gasteiger partial charge on any atom is 0.267 e. The molecule has 1 aliphatic heterocycles. The van der Waals surface area contributed by atoms with Crippen LogP contribution in [-0.2, 0) is 9.53 Å². The van der Waals surface area contributed by atoms with Crippen molar-refractivity contribution in [2.45, 2.75) is 19.9 Å². The van der Waals surface area contributed by atoms with Crippen LogP contribution in [0.4, 0.5) is 5.82 Å². The number of rotatable bonds is 7. The number of nitrogens with one attached hydrogen (secondary N) is 1. The van der Waals surface area contributed by atoms with Gasteiger partial charge in [-0.15, -0.1) is 0 Å². The number of carbonyl (C=O) groups excluding carboxylic acids is 1. The van der Waals surface area contributed by atoms with Crippen LogP contribution in [-0.4, -0.2) is 44.8 Å². The first-order valence-corrected chi connectivity index (χ1v) is 11.7. The zero-order chi connectivity index (χ0) is 23.5. The molecule has 0 saturated carbocycles. The van der Waals surface area contributed by atoms with E-state index in [9.17, 15) is 9.59 Å². The number of aromatic nitrogens is 2. The Morgan fingerprint density at radius 1 is 1.21 bits per heavy atom. The summed E-state index contributed by atoms with van der Waals surface area (Å²) < 4.78 is 7.03. The van der Waals surface area contributed by atoms with Gasteiger partial charge in [-0.3, -0.25) is 18.9 Å². The lowest BCUT2D eigenvalue weighted by Crippen LogP contribution is -2.31. The van der Waals surface area contributed by atoms with Gasteiger partial charge in [-0.2, -0.15) is 0 Å². The van der Waals surface area contributed by atoms with E-state index in [1.807, 2.05) is 50.2 Å². The Kier molecular flexibility index (Phi) is 6.92. The van der Waals surface area contributed by atoms with Gasteiger partial charge in [-0.1, -0.05) is 60.4 Å². The number of amides is 1. The summed E-state index contributed by atoms with van der Waals surface area (Å²) in [6.45, 7) is 4.65. The summed E-state index contributed by atoms with van der Waals surface area (Å²) in [5.74, 6) is 0.186. The van der Waals surface area contributed by atoms with Crippen LogP contribution in [0.25, 0.3) is 11.7 Å². The first kappa shape index (κ1) is 23.2. The number of methoxy groups -OCH3 is 1. The van der Waals surface area contributed by atoms with E-state index in [0.29, 0.717) is 39.4 Å². The third-order valence-corrected chi connectivity index (χ3v) is 6.78. The van der Waals surface area contributed by atoms with Crippen molar-refractivity contribution in [1.29, 1.82) is 0 Å². The van der Waals surface area contributed by atoms with Gasteiger partial charge in [-0.25, -0.2) is 4.98 Å². The molecular weight excluding hydrogens is 456 g/mol. The number of benzene rings is 1. The van der Waals surface area contributed by atoms with Gasteiger partial charge in [0.05, 0.1) is 23.6 Å². The molecule has 0 aliphatic carbocycles. The number of aryl methyl sites for hydroxylation is 1. The lowest BCUT2D eigenvalue weighted by atomic mass is 10.1. The predicted molar refractivity (Wildman–Crippen MR) is 136 cm³/mol. The Hall–Kier alpha value is -3.01. The molecule has 0 bridgehead atoms. The van der Waals surface area contributed by atoms with E-state index in [2.05, 4.69) is 5.32 Å². The van der Waals surface area contributed by atoms with Gasteiger partial charge < -0.3 is 10.1 Å². The average Bonchev–Trinajstić information content (AvgIpc) is 3.08. The Bertz CT molecular complexity index is 1300. The molecule has 0 unspecified atom stereocenters. The fourth-order valence-corrected chi connectivity index (χ4v) is 4.88. The fraction of sp³-hybridized carbons (Fsp3) is 0.250. The van der Waals surface area contributed by atoms with Gasteiger partial charge >= 0.3 is 0 Å². The summed E-state index contributed by atoms with van der Waals surface area (Å²) in [5, 5.41) is 3.38. The van der Waals surface area contributed by atoms with Crippen LogP contribution >= 0.6 is 24.0 Å². The summed E-state index contributed by atoms with van der Waals surface area (Å²) in [6.07, 6.45) is 3.28. The predicted octanol–water partition coefficient (Wildman–Crippen LogP) is 4.02. The van der Waals surface area contributed by atoms with Crippen LogP contribution in [0.2, 0.25) is 0 Å².